The Bertz CT molecular complexity index is 426. The molecule has 0 unspecified atom stereocenters. The molecular weight excluding hydrogens is 248 g/mol. The van der Waals surface area contributed by atoms with Crippen LogP contribution in [0.5, 0.6) is 0 Å². The molecule has 2 atom stereocenters. The third-order valence-corrected chi connectivity index (χ3v) is 4.34. The molecule has 0 bridgehead atoms. The fourth-order valence-corrected chi connectivity index (χ4v) is 3.35. The summed E-state index contributed by atoms with van der Waals surface area (Å²) in [6.45, 7) is 2.08. The van der Waals surface area contributed by atoms with Crippen molar-refractivity contribution in [1.82, 2.24) is 0 Å². The Morgan fingerprint density at radius 2 is 1.83 bits per heavy atom. The predicted molar refractivity (Wildman–Crippen MR) is 71.6 cm³/mol. The van der Waals surface area contributed by atoms with E-state index in [1.807, 2.05) is 24.3 Å². The van der Waals surface area contributed by atoms with Crippen molar-refractivity contribution in [3.63, 3.8) is 0 Å². The van der Waals surface area contributed by atoms with Crippen LogP contribution in [0.15, 0.2) is 24.3 Å². The number of rotatable bonds is 1. The van der Waals surface area contributed by atoms with E-state index in [0.717, 1.165) is 23.4 Å². The van der Waals surface area contributed by atoms with Gasteiger partial charge in [0.05, 0.1) is 6.10 Å². The van der Waals surface area contributed by atoms with Crippen molar-refractivity contribution >= 4 is 11.6 Å². The van der Waals surface area contributed by atoms with Gasteiger partial charge in [-0.05, 0) is 25.8 Å². The van der Waals surface area contributed by atoms with Crippen LogP contribution >= 0.6 is 11.6 Å². The topological polar surface area (TPSA) is 18.5 Å². The van der Waals surface area contributed by atoms with Gasteiger partial charge in [0.1, 0.15) is 6.10 Å². The van der Waals surface area contributed by atoms with E-state index in [9.17, 15) is 0 Å². The van der Waals surface area contributed by atoms with Crippen LogP contribution in [0.3, 0.4) is 0 Å². The third-order valence-electron chi connectivity index (χ3n) is 4.00. The molecule has 2 aliphatic rings. The normalized spacial score (nSPS) is 30.8. The summed E-state index contributed by atoms with van der Waals surface area (Å²) in [6, 6.07) is 7.90. The summed E-state index contributed by atoms with van der Waals surface area (Å²) in [5, 5.41) is 0.769. The van der Waals surface area contributed by atoms with Gasteiger partial charge >= 0.3 is 0 Å². The molecule has 1 aromatic carbocycles. The minimum Gasteiger partial charge on any atom is -0.344 e. The van der Waals surface area contributed by atoms with Crippen LogP contribution in [0.1, 0.15) is 50.7 Å². The maximum atomic E-state index is 6.26. The van der Waals surface area contributed by atoms with Crippen LogP contribution in [0.4, 0.5) is 0 Å². The molecule has 0 amide bonds. The van der Waals surface area contributed by atoms with Gasteiger partial charge in [0.2, 0.25) is 0 Å². The second-order valence-electron chi connectivity index (χ2n) is 5.35. The Labute approximate surface area is 113 Å². The van der Waals surface area contributed by atoms with E-state index < -0.39 is 0 Å². The summed E-state index contributed by atoms with van der Waals surface area (Å²) in [6.07, 6.45) is 5.75. The Kier molecular flexibility index (Phi) is 3.35. The summed E-state index contributed by atoms with van der Waals surface area (Å²) in [5.41, 5.74) is 1.05. The van der Waals surface area contributed by atoms with E-state index in [1.165, 1.54) is 19.3 Å². The van der Waals surface area contributed by atoms with Gasteiger partial charge in [0.15, 0.2) is 5.79 Å². The molecule has 0 aromatic heterocycles. The minimum atomic E-state index is -0.346. The lowest BCUT2D eigenvalue weighted by Gasteiger charge is -2.31. The third kappa shape index (κ3) is 2.18. The van der Waals surface area contributed by atoms with Gasteiger partial charge in [-0.2, -0.15) is 0 Å². The average molecular weight is 267 g/mol. The highest BCUT2D eigenvalue weighted by atomic mass is 35.5. The molecule has 1 spiro atoms. The van der Waals surface area contributed by atoms with E-state index in [0.29, 0.717) is 0 Å². The first kappa shape index (κ1) is 12.5. The predicted octanol–water partition coefficient (Wildman–Crippen LogP) is 4.48. The summed E-state index contributed by atoms with van der Waals surface area (Å²) >= 11 is 6.26. The molecule has 18 heavy (non-hydrogen) atoms. The zero-order valence-corrected chi connectivity index (χ0v) is 11.5. The number of benzene rings is 1. The van der Waals surface area contributed by atoms with Crippen LogP contribution in [0.25, 0.3) is 0 Å². The molecule has 3 heteroatoms. The van der Waals surface area contributed by atoms with Crippen molar-refractivity contribution in [2.75, 3.05) is 0 Å². The van der Waals surface area contributed by atoms with Crippen LogP contribution in [-0.2, 0) is 9.47 Å². The van der Waals surface area contributed by atoms with E-state index in [-0.39, 0.29) is 18.0 Å². The number of hydrogen-bond donors (Lipinski definition) is 0. The Morgan fingerprint density at radius 1 is 1.11 bits per heavy atom. The van der Waals surface area contributed by atoms with E-state index in [1.54, 1.807) is 0 Å². The van der Waals surface area contributed by atoms with Gasteiger partial charge in [-0.15, -0.1) is 0 Å². The highest BCUT2D eigenvalue weighted by molar-refractivity contribution is 6.31. The molecular formula is C15H19ClO2. The number of halogens is 1. The molecule has 0 N–H and O–H groups in total. The van der Waals surface area contributed by atoms with Crippen molar-refractivity contribution in [2.24, 2.45) is 0 Å². The molecule has 1 aliphatic heterocycles. The zero-order chi connectivity index (χ0) is 12.6. The molecule has 98 valence electrons. The van der Waals surface area contributed by atoms with Crippen molar-refractivity contribution in [2.45, 2.75) is 57.0 Å². The van der Waals surface area contributed by atoms with Crippen molar-refractivity contribution in [1.29, 1.82) is 0 Å². The monoisotopic (exact) mass is 266 g/mol. The molecule has 3 rings (SSSR count). The number of hydrogen-bond acceptors (Lipinski definition) is 2. The molecule has 0 radical (unpaired) electrons. The lowest BCUT2D eigenvalue weighted by molar-refractivity contribution is -0.193. The van der Waals surface area contributed by atoms with Crippen LogP contribution in [-0.4, -0.2) is 11.9 Å². The summed E-state index contributed by atoms with van der Waals surface area (Å²) in [5.74, 6) is -0.346. The highest BCUT2D eigenvalue weighted by Crippen LogP contribution is 2.46. The molecule has 2 nitrogen and oxygen atoms in total. The molecule has 1 saturated carbocycles. The number of ether oxygens (including phenoxy) is 2. The van der Waals surface area contributed by atoms with Gasteiger partial charge < -0.3 is 9.47 Å². The van der Waals surface area contributed by atoms with E-state index >= 15 is 0 Å². The minimum absolute atomic E-state index is 0.0307. The lowest BCUT2D eigenvalue weighted by atomic mass is 9.94. The van der Waals surface area contributed by atoms with Crippen LogP contribution in [0, 0.1) is 0 Å². The van der Waals surface area contributed by atoms with Gasteiger partial charge in [-0.25, -0.2) is 0 Å². The van der Waals surface area contributed by atoms with E-state index in [2.05, 4.69) is 6.92 Å². The summed E-state index contributed by atoms with van der Waals surface area (Å²) < 4.78 is 12.4. The maximum absolute atomic E-state index is 6.26. The molecule has 1 saturated heterocycles. The zero-order valence-electron chi connectivity index (χ0n) is 10.7. The smallest absolute Gasteiger partial charge is 0.169 e. The second kappa shape index (κ2) is 4.84. The maximum Gasteiger partial charge on any atom is 0.169 e. The fourth-order valence-electron chi connectivity index (χ4n) is 3.10. The average Bonchev–Trinajstić information content (AvgIpc) is 2.67. The lowest BCUT2D eigenvalue weighted by Crippen LogP contribution is -2.33. The molecule has 1 aromatic rings. The van der Waals surface area contributed by atoms with Crippen molar-refractivity contribution in [3.05, 3.63) is 34.9 Å². The van der Waals surface area contributed by atoms with Gasteiger partial charge in [0, 0.05) is 23.4 Å². The Hall–Kier alpha value is -0.570. The van der Waals surface area contributed by atoms with E-state index in [4.69, 9.17) is 21.1 Å². The first-order valence-corrected chi connectivity index (χ1v) is 7.18. The summed E-state index contributed by atoms with van der Waals surface area (Å²) in [7, 11) is 0. The fraction of sp³-hybridized carbons (Fsp3) is 0.600. The first-order valence-electron chi connectivity index (χ1n) is 6.80. The highest BCUT2D eigenvalue weighted by Gasteiger charge is 2.47. The Morgan fingerprint density at radius 3 is 2.56 bits per heavy atom. The summed E-state index contributed by atoms with van der Waals surface area (Å²) in [4.78, 5) is 0. The quantitative estimate of drug-likeness (QED) is 0.746. The van der Waals surface area contributed by atoms with Crippen molar-refractivity contribution < 1.29 is 9.47 Å². The standard InChI is InChI=1S/C15H19ClO2/c1-11-14(12-7-3-4-8-13(12)16)18-15(17-11)9-5-2-6-10-15/h3-4,7-8,11,14H,2,5-6,9-10H2,1H3/t11-,14-/m0/s1. The van der Waals surface area contributed by atoms with Crippen LogP contribution in [0.2, 0.25) is 5.02 Å². The van der Waals surface area contributed by atoms with Gasteiger partial charge in [0.25, 0.3) is 0 Å². The van der Waals surface area contributed by atoms with Crippen LogP contribution < -0.4 is 0 Å². The van der Waals surface area contributed by atoms with Gasteiger partial charge in [-0.1, -0.05) is 36.2 Å². The molecule has 1 heterocycles. The van der Waals surface area contributed by atoms with Crippen molar-refractivity contribution in [3.8, 4) is 0 Å². The first-order chi connectivity index (χ1) is 8.70. The second-order valence-corrected chi connectivity index (χ2v) is 5.76. The SMILES string of the molecule is C[C@@H]1OC2(CCCCC2)O[C@@H]1c1ccccc1Cl. The molecule has 1 aliphatic carbocycles. The Balaban J connectivity index is 1.84. The largest absolute Gasteiger partial charge is 0.344 e. The molecule has 2 fully saturated rings. The van der Waals surface area contributed by atoms with Gasteiger partial charge in [-0.3, -0.25) is 0 Å².